The number of pyridine rings is 1. The maximum absolute atomic E-state index is 9.42. The zero-order valence-corrected chi connectivity index (χ0v) is 11.1. The number of nitrogens with zero attached hydrogens (tertiary/aromatic N) is 1. The van der Waals surface area contributed by atoms with E-state index in [1.807, 2.05) is 25.1 Å². The van der Waals surface area contributed by atoms with Crippen molar-refractivity contribution in [1.82, 2.24) is 4.98 Å². The third-order valence-corrected chi connectivity index (χ3v) is 3.14. The summed E-state index contributed by atoms with van der Waals surface area (Å²) in [5.41, 5.74) is 4.19. The molecule has 0 aliphatic carbocycles. The van der Waals surface area contributed by atoms with E-state index in [2.05, 4.69) is 37.0 Å². The van der Waals surface area contributed by atoms with Crippen molar-refractivity contribution in [2.75, 3.05) is 6.61 Å². The predicted octanol–water partition coefficient (Wildman–Crippen LogP) is 3.57. The zero-order chi connectivity index (χ0) is 13.1. The number of hydrogen-bond donors (Lipinski definition) is 1. The van der Waals surface area contributed by atoms with Crippen molar-refractivity contribution in [3.05, 3.63) is 47.2 Å². The summed E-state index contributed by atoms with van der Waals surface area (Å²) in [6, 6.07) is 10.2. The van der Waals surface area contributed by atoms with E-state index in [0.29, 0.717) is 5.92 Å². The summed E-state index contributed by atoms with van der Waals surface area (Å²) in [4.78, 5) is 4.52. The number of aromatic nitrogens is 1. The molecule has 2 nitrogen and oxygen atoms in total. The Morgan fingerprint density at radius 2 is 2.06 bits per heavy atom. The number of aliphatic hydroxyl groups is 1. The molecular weight excluding hydrogens is 222 g/mol. The first-order valence-corrected chi connectivity index (χ1v) is 6.29. The summed E-state index contributed by atoms with van der Waals surface area (Å²) in [6.07, 6.45) is 2.08. The molecule has 0 fully saturated rings. The largest absolute Gasteiger partial charge is 0.392 e. The molecule has 18 heavy (non-hydrogen) atoms. The first-order chi connectivity index (χ1) is 8.61. The molecule has 0 atom stereocenters. The second-order valence-corrected chi connectivity index (χ2v) is 4.90. The van der Waals surface area contributed by atoms with E-state index in [0.717, 1.165) is 27.7 Å². The normalized spacial score (nSPS) is 12.4. The number of para-hydroxylation sites is 1. The van der Waals surface area contributed by atoms with Gasteiger partial charge in [0.2, 0.25) is 0 Å². The van der Waals surface area contributed by atoms with E-state index in [1.54, 1.807) is 0 Å². The van der Waals surface area contributed by atoms with Crippen LogP contribution in [0, 0.1) is 12.8 Å². The molecule has 0 aliphatic rings. The number of fused-ring (bicyclic) bond motifs is 1. The zero-order valence-electron chi connectivity index (χ0n) is 11.1. The summed E-state index contributed by atoms with van der Waals surface area (Å²) in [5.74, 6) is 0.349. The van der Waals surface area contributed by atoms with Crippen LogP contribution in [0.4, 0.5) is 0 Å². The smallest absolute Gasteiger partial charge is 0.0711 e. The molecule has 2 rings (SSSR count). The molecule has 0 unspecified atom stereocenters. The second-order valence-electron chi connectivity index (χ2n) is 4.90. The topological polar surface area (TPSA) is 33.1 Å². The van der Waals surface area contributed by atoms with Gasteiger partial charge in [0, 0.05) is 11.1 Å². The summed E-state index contributed by atoms with van der Waals surface area (Å²) >= 11 is 0. The first kappa shape index (κ1) is 12.8. The Balaban J connectivity index is 2.63. The molecule has 94 valence electrons. The average Bonchev–Trinajstić information content (AvgIpc) is 2.35. The Hall–Kier alpha value is -1.67. The number of aliphatic hydroxyl groups excluding tert-OH is 1. The van der Waals surface area contributed by atoms with Gasteiger partial charge in [-0.1, -0.05) is 38.1 Å². The summed E-state index contributed by atoms with van der Waals surface area (Å²) in [7, 11) is 0. The van der Waals surface area contributed by atoms with E-state index in [-0.39, 0.29) is 6.61 Å². The molecule has 0 saturated carbocycles. The summed E-state index contributed by atoms with van der Waals surface area (Å²) in [6.45, 7) is 6.29. The fourth-order valence-corrected chi connectivity index (χ4v) is 2.05. The second kappa shape index (κ2) is 5.32. The predicted molar refractivity (Wildman–Crippen MR) is 76.4 cm³/mol. The highest BCUT2D eigenvalue weighted by Crippen LogP contribution is 2.22. The molecule has 0 amide bonds. The van der Waals surface area contributed by atoms with Crippen LogP contribution in [0.2, 0.25) is 0 Å². The van der Waals surface area contributed by atoms with E-state index in [9.17, 15) is 5.11 Å². The molecule has 1 heterocycles. The molecule has 0 aliphatic heterocycles. The van der Waals surface area contributed by atoms with Crippen molar-refractivity contribution in [2.24, 2.45) is 5.92 Å². The van der Waals surface area contributed by atoms with Crippen LogP contribution in [0.5, 0.6) is 0 Å². The molecule has 1 aromatic heterocycles. The van der Waals surface area contributed by atoms with Crippen LogP contribution >= 0.6 is 0 Å². The molecule has 0 spiro atoms. The van der Waals surface area contributed by atoms with Gasteiger partial charge in [-0.3, -0.25) is 4.98 Å². The minimum atomic E-state index is 0.105. The van der Waals surface area contributed by atoms with Gasteiger partial charge in [-0.15, -0.1) is 0 Å². The lowest BCUT2D eigenvalue weighted by Crippen LogP contribution is -1.99. The lowest BCUT2D eigenvalue weighted by atomic mass is 9.99. The van der Waals surface area contributed by atoms with Crippen LogP contribution in [0.25, 0.3) is 17.0 Å². The van der Waals surface area contributed by atoms with Gasteiger partial charge in [0.05, 0.1) is 12.1 Å². The molecule has 2 aromatic rings. The Morgan fingerprint density at radius 3 is 2.72 bits per heavy atom. The van der Waals surface area contributed by atoms with Crippen LogP contribution in [0.3, 0.4) is 0 Å². The van der Waals surface area contributed by atoms with Gasteiger partial charge in [-0.2, -0.15) is 0 Å². The Kier molecular flexibility index (Phi) is 3.78. The Bertz CT molecular complexity index is 585. The number of benzene rings is 1. The van der Waals surface area contributed by atoms with Gasteiger partial charge in [-0.25, -0.2) is 0 Å². The van der Waals surface area contributed by atoms with E-state index in [1.165, 1.54) is 0 Å². The summed E-state index contributed by atoms with van der Waals surface area (Å²) < 4.78 is 0. The Morgan fingerprint density at radius 1 is 1.33 bits per heavy atom. The third-order valence-electron chi connectivity index (χ3n) is 3.14. The van der Waals surface area contributed by atoms with Crippen LogP contribution in [0.1, 0.15) is 25.1 Å². The number of rotatable bonds is 3. The SMILES string of the molecule is Cc1cc(C=C(CO)C(C)C)c2ccccc2n1. The van der Waals surface area contributed by atoms with Gasteiger partial charge in [-0.05, 0) is 36.1 Å². The fourth-order valence-electron chi connectivity index (χ4n) is 2.05. The van der Waals surface area contributed by atoms with E-state index in [4.69, 9.17) is 0 Å². The van der Waals surface area contributed by atoms with Gasteiger partial charge < -0.3 is 5.11 Å². The molecular formula is C16H19NO. The number of aryl methyl sites for hydroxylation is 1. The molecule has 0 radical (unpaired) electrons. The lowest BCUT2D eigenvalue weighted by molar-refractivity contribution is 0.320. The van der Waals surface area contributed by atoms with Crippen molar-refractivity contribution in [3.63, 3.8) is 0 Å². The third kappa shape index (κ3) is 2.59. The van der Waals surface area contributed by atoms with Crippen LogP contribution < -0.4 is 0 Å². The molecule has 2 heteroatoms. The number of hydrogen-bond acceptors (Lipinski definition) is 2. The molecule has 0 saturated heterocycles. The van der Waals surface area contributed by atoms with Crippen LogP contribution in [-0.4, -0.2) is 16.7 Å². The minimum absolute atomic E-state index is 0.105. The van der Waals surface area contributed by atoms with Gasteiger partial charge in [0.15, 0.2) is 0 Å². The minimum Gasteiger partial charge on any atom is -0.392 e. The van der Waals surface area contributed by atoms with Crippen LogP contribution in [0.15, 0.2) is 35.9 Å². The van der Waals surface area contributed by atoms with E-state index >= 15 is 0 Å². The van der Waals surface area contributed by atoms with Crippen molar-refractivity contribution >= 4 is 17.0 Å². The average molecular weight is 241 g/mol. The molecule has 1 aromatic carbocycles. The van der Waals surface area contributed by atoms with Gasteiger partial charge in [0.25, 0.3) is 0 Å². The van der Waals surface area contributed by atoms with Crippen molar-refractivity contribution in [1.29, 1.82) is 0 Å². The maximum Gasteiger partial charge on any atom is 0.0711 e. The van der Waals surface area contributed by atoms with Gasteiger partial charge >= 0.3 is 0 Å². The molecule has 1 N–H and O–H groups in total. The lowest BCUT2D eigenvalue weighted by Gasteiger charge is -2.10. The highest BCUT2D eigenvalue weighted by molar-refractivity contribution is 5.88. The monoisotopic (exact) mass is 241 g/mol. The van der Waals surface area contributed by atoms with E-state index < -0.39 is 0 Å². The maximum atomic E-state index is 9.42. The highest BCUT2D eigenvalue weighted by Gasteiger charge is 2.05. The fraction of sp³-hybridized carbons (Fsp3) is 0.312. The molecule has 0 bridgehead atoms. The summed E-state index contributed by atoms with van der Waals surface area (Å²) in [5, 5.41) is 10.5. The highest BCUT2D eigenvalue weighted by atomic mass is 16.3. The van der Waals surface area contributed by atoms with Crippen LogP contribution in [-0.2, 0) is 0 Å². The van der Waals surface area contributed by atoms with Crippen molar-refractivity contribution in [2.45, 2.75) is 20.8 Å². The quantitative estimate of drug-likeness (QED) is 0.891. The van der Waals surface area contributed by atoms with Crippen molar-refractivity contribution < 1.29 is 5.11 Å². The standard InChI is InChI=1S/C16H19NO/c1-11(2)14(10-18)9-13-8-12(3)17-16-7-5-4-6-15(13)16/h4-9,11,18H,10H2,1-3H3. The van der Waals surface area contributed by atoms with Gasteiger partial charge in [0.1, 0.15) is 0 Å². The first-order valence-electron chi connectivity index (χ1n) is 6.29. The van der Waals surface area contributed by atoms with Crippen molar-refractivity contribution in [3.8, 4) is 0 Å². The Labute approximate surface area is 108 Å².